The standard InChI is InChI=1S/C14H24N2O3/c1-12(2,3)19-11(18)16-7-6-14(9-16)8-13(4,5)15-10(14)17/h6-9H2,1-5H3,(H,15,17). The van der Waals surface area contributed by atoms with E-state index in [0.717, 1.165) is 12.8 Å². The van der Waals surface area contributed by atoms with Gasteiger partial charge in [0, 0.05) is 18.6 Å². The van der Waals surface area contributed by atoms with Gasteiger partial charge in [-0.3, -0.25) is 4.79 Å². The third-order valence-electron chi connectivity index (χ3n) is 3.72. The molecular weight excluding hydrogens is 244 g/mol. The van der Waals surface area contributed by atoms with Crippen molar-refractivity contribution in [2.45, 2.75) is 58.6 Å². The van der Waals surface area contributed by atoms with E-state index in [9.17, 15) is 9.59 Å². The van der Waals surface area contributed by atoms with Crippen LogP contribution in [0, 0.1) is 5.41 Å². The Labute approximate surface area is 114 Å². The van der Waals surface area contributed by atoms with Crippen LogP contribution in [0.2, 0.25) is 0 Å². The molecule has 1 atom stereocenters. The summed E-state index contributed by atoms with van der Waals surface area (Å²) >= 11 is 0. The highest BCUT2D eigenvalue weighted by Crippen LogP contribution is 2.43. The van der Waals surface area contributed by atoms with E-state index in [-0.39, 0.29) is 17.5 Å². The van der Waals surface area contributed by atoms with Gasteiger partial charge in [0.25, 0.3) is 0 Å². The third kappa shape index (κ3) is 2.85. The quantitative estimate of drug-likeness (QED) is 0.730. The number of nitrogens with one attached hydrogen (secondary N) is 1. The summed E-state index contributed by atoms with van der Waals surface area (Å²) in [5.74, 6) is 0.0727. The van der Waals surface area contributed by atoms with E-state index in [1.807, 2.05) is 34.6 Å². The molecule has 2 rings (SSSR count). The van der Waals surface area contributed by atoms with Gasteiger partial charge in [-0.05, 0) is 47.5 Å². The van der Waals surface area contributed by atoms with Gasteiger partial charge in [-0.1, -0.05) is 0 Å². The van der Waals surface area contributed by atoms with E-state index < -0.39 is 11.0 Å². The third-order valence-corrected chi connectivity index (χ3v) is 3.72. The van der Waals surface area contributed by atoms with Crippen LogP contribution < -0.4 is 5.32 Å². The SMILES string of the molecule is CC1(C)CC2(CCN(C(=O)OC(C)(C)C)C2)C(=O)N1. The zero-order valence-electron chi connectivity index (χ0n) is 12.5. The van der Waals surface area contributed by atoms with Gasteiger partial charge in [0.1, 0.15) is 5.60 Å². The Hall–Kier alpha value is -1.26. The van der Waals surface area contributed by atoms with Crippen molar-refractivity contribution in [3.63, 3.8) is 0 Å². The Bertz CT molecular complexity index is 411. The average Bonchev–Trinajstić information content (AvgIpc) is 2.67. The molecule has 2 aliphatic rings. The molecule has 0 saturated carbocycles. The topological polar surface area (TPSA) is 58.6 Å². The molecule has 1 spiro atoms. The van der Waals surface area contributed by atoms with Crippen molar-refractivity contribution in [3.05, 3.63) is 0 Å². The van der Waals surface area contributed by atoms with E-state index in [2.05, 4.69) is 5.32 Å². The number of likely N-dealkylation sites (tertiary alicyclic amines) is 1. The fourth-order valence-corrected chi connectivity index (χ4v) is 3.09. The lowest BCUT2D eigenvalue weighted by atomic mass is 9.81. The first-order valence-corrected chi connectivity index (χ1v) is 6.84. The molecule has 2 heterocycles. The summed E-state index contributed by atoms with van der Waals surface area (Å²) in [7, 11) is 0. The molecular formula is C14H24N2O3. The van der Waals surface area contributed by atoms with E-state index >= 15 is 0 Å². The van der Waals surface area contributed by atoms with Gasteiger partial charge in [-0.2, -0.15) is 0 Å². The first-order valence-electron chi connectivity index (χ1n) is 6.84. The summed E-state index contributed by atoms with van der Waals surface area (Å²) in [6.45, 7) is 10.7. The van der Waals surface area contributed by atoms with Crippen molar-refractivity contribution >= 4 is 12.0 Å². The maximum absolute atomic E-state index is 12.2. The van der Waals surface area contributed by atoms with E-state index in [1.54, 1.807) is 4.90 Å². The highest BCUT2D eigenvalue weighted by atomic mass is 16.6. The van der Waals surface area contributed by atoms with Gasteiger partial charge >= 0.3 is 6.09 Å². The second-order valence-corrected chi connectivity index (χ2v) is 7.45. The molecule has 19 heavy (non-hydrogen) atoms. The molecule has 0 aromatic heterocycles. The summed E-state index contributed by atoms with van der Waals surface area (Å²) in [6.07, 6.45) is 1.18. The molecule has 0 bridgehead atoms. The zero-order chi connectivity index (χ0) is 14.5. The van der Waals surface area contributed by atoms with Crippen LogP contribution in [-0.2, 0) is 9.53 Å². The molecule has 1 unspecified atom stereocenters. The average molecular weight is 268 g/mol. The minimum atomic E-state index is -0.496. The van der Waals surface area contributed by atoms with Crippen LogP contribution >= 0.6 is 0 Å². The second kappa shape index (κ2) is 4.12. The van der Waals surface area contributed by atoms with Crippen molar-refractivity contribution in [1.82, 2.24) is 10.2 Å². The Morgan fingerprint density at radius 2 is 2.00 bits per heavy atom. The monoisotopic (exact) mass is 268 g/mol. The summed E-state index contributed by atoms with van der Waals surface area (Å²) < 4.78 is 5.37. The molecule has 2 saturated heterocycles. The molecule has 0 radical (unpaired) electrons. The van der Waals surface area contributed by atoms with Gasteiger partial charge in [0.05, 0.1) is 5.41 Å². The van der Waals surface area contributed by atoms with Gasteiger partial charge in [0.15, 0.2) is 0 Å². The molecule has 0 aliphatic carbocycles. The summed E-state index contributed by atoms with van der Waals surface area (Å²) in [4.78, 5) is 25.9. The Kier molecular flexibility index (Phi) is 3.07. The predicted octanol–water partition coefficient (Wildman–Crippen LogP) is 1.91. The number of hydrogen-bond donors (Lipinski definition) is 1. The molecule has 108 valence electrons. The van der Waals surface area contributed by atoms with Crippen molar-refractivity contribution in [3.8, 4) is 0 Å². The molecule has 2 aliphatic heterocycles. The fourth-order valence-electron chi connectivity index (χ4n) is 3.09. The first kappa shape index (κ1) is 14.2. The lowest BCUT2D eigenvalue weighted by Gasteiger charge is -2.26. The van der Waals surface area contributed by atoms with Crippen molar-refractivity contribution in [1.29, 1.82) is 0 Å². The van der Waals surface area contributed by atoms with Crippen LogP contribution in [0.15, 0.2) is 0 Å². The fraction of sp³-hybridized carbons (Fsp3) is 0.857. The Morgan fingerprint density at radius 3 is 2.47 bits per heavy atom. The molecule has 5 heteroatoms. The number of nitrogens with zero attached hydrogens (tertiary/aromatic N) is 1. The number of carbonyl (C=O) groups excluding carboxylic acids is 2. The van der Waals surface area contributed by atoms with Gasteiger partial charge in [-0.25, -0.2) is 4.79 Å². The molecule has 1 N–H and O–H groups in total. The Balaban J connectivity index is 2.04. The molecule has 2 amide bonds. The van der Waals surface area contributed by atoms with Crippen LogP contribution in [-0.4, -0.2) is 41.1 Å². The smallest absolute Gasteiger partial charge is 0.410 e. The molecule has 2 fully saturated rings. The van der Waals surface area contributed by atoms with Gasteiger partial charge in [0.2, 0.25) is 5.91 Å². The highest BCUT2D eigenvalue weighted by Gasteiger charge is 2.54. The van der Waals surface area contributed by atoms with Crippen molar-refractivity contribution in [2.75, 3.05) is 13.1 Å². The van der Waals surface area contributed by atoms with Crippen molar-refractivity contribution in [2.24, 2.45) is 5.41 Å². The summed E-state index contributed by atoms with van der Waals surface area (Å²) in [5, 5.41) is 3.02. The van der Waals surface area contributed by atoms with E-state index in [4.69, 9.17) is 4.74 Å². The minimum absolute atomic E-state index is 0.0727. The number of carbonyl (C=O) groups is 2. The number of ether oxygens (including phenoxy) is 1. The maximum atomic E-state index is 12.2. The number of hydrogen-bond acceptors (Lipinski definition) is 3. The van der Waals surface area contributed by atoms with Gasteiger partial charge in [-0.15, -0.1) is 0 Å². The summed E-state index contributed by atoms with van der Waals surface area (Å²) in [6, 6.07) is 0. The van der Waals surface area contributed by atoms with Crippen LogP contribution in [0.5, 0.6) is 0 Å². The zero-order valence-corrected chi connectivity index (χ0v) is 12.5. The molecule has 5 nitrogen and oxygen atoms in total. The second-order valence-electron chi connectivity index (χ2n) is 7.45. The number of rotatable bonds is 0. The summed E-state index contributed by atoms with van der Waals surface area (Å²) in [5.41, 5.74) is -1.09. The Morgan fingerprint density at radius 1 is 1.37 bits per heavy atom. The normalized spacial score (nSPS) is 29.7. The highest BCUT2D eigenvalue weighted by molar-refractivity contribution is 5.87. The van der Waals surface area contributed by atoms with E-state index in [1.165, 1.54) is 0 Å². The van der Waals surface area contributed by atoms with Gasteiger partial charge < -0.3 is 15.0 Å². The first-order chi connectivity index (χ1) is 8.53. The largest absolute Gasteiger partial charge is 0.444 e. The van der Waals surface area contributed by atoms with Crippen LogP contribution in [0.4, 0.5) is 4.79 Å². The lowest BCUT2D eigenvalue weighted by Crippen LogP contribution is -2.39. The predicted molar refractivity (Wildman–Crippen MR) is 71.7 cm³/mol. The van der Waals surface area contributed by atoms with Crippen LogP contribution in [0.1, 0.15) is 47.5 Å². The number of amides is 2. The van der Waals surface area contributed by atoms with Crippen LogP contribution in [0.25, 0.3) is 0 Å². The molecule has 0 aromatic rings. The van der Waals surface area contributed by atoms with Crippen LogP contribution in [0.3, 0.4) is 0 Å². The van der Waals surface area contributed by atoms with Crippen molar-refractivity contribution < 1.29 is 14.3 Å². The van der Waals surface area contributed by atoms with E-state index in [0.29, 0.717) is 13.1 Å². The molecule has 0 aromatic carbocycles. The minimum Gasteiger partial charge on any atom is -0.444 e. The lowest BCUT2D eigenvalue weighted by molar-refractivity contribution is -0.127. The maximum Gasteiger partial charge on any atom is 0.410 e.